The van der Waals surface area contributed by atoms with Crippen LogP contribution < -0.4 is 0 Å². The molecule has 2 bridgehead atoms. The predicted molar refractivity (Wildman–Crippen MR) is 111 cm³/mol. The monoisotopic (exact) mass is 376 g/mol. The minimum absolute atomic E-state index is 0.0837. The van der Waals surface area contributed by atoms with Crippen molar-refractivity contribution in [2.24, 2.45) is 35.5 Å². The fourth-order valence-electron chi connectivity index (χ4n) is 5.14. The number of carbonyl (C=O) groups is 1. The van der Waals surface area contributed by atoms with Crippen molar-refractivity contribution < 1.29 is 4.79 Å². The Morgan fingerprint density at radius 2 is 1.81 bits per heavy atom. The Morgan fingerprint density at radius 3 is 2.54 bits per heavy atom. The summed E-state index contributed by atoms with van der Waals surface area (Å²) in [5.41, 5.74) is 1.27. The van der Waals surface area contributed by atoms with E-state index in [4.69, 9.17) is 0 Å². The lowest BCUT2D eigenvalue weighted by atomic mass is 9.66. The van der Waals surface area contributed by atoms with Crippen LogP contribution in [0.4, 0.5) is 0 Å². The zero-order chi connectivity index (χ0) is 17.7. The summed E-state index contributed by atoms with van der Waals surface area (Å²) < 4.78 is 0. The molecule has 3 aliphatic rings. The topological polar surface area (TPSA) is 17.1 Å². The lowest BCUT2D eigenvalue weighted by Gasteiger charge is -2.36. The third-order valence-corrected chi connectivity index (χ3v) is 7.93. The zero-order valence-electron chi connectivity index (χ0n) is 14.3. The van der Waals surface area contributed by atoms with Crippen molar-refractivity contribution in [3.05, 3.63) is 81.7 Å². The molecule has 0 radical (unpaired) electrons. The highest BCUT2D eigenvalue weighted by atomic mass is 32.1. The van der Waals surface area contributed by atoms with Gasteiger partial charge in [0.15, 0.2) is 0 Å². The Hall–Kier alpha value is -1.97. The summed E-state index contributed by atoms with van der Waals surface area (Å²) in [6.07, 6.45) is 13.4. The minimum Gasteiger partial charge on any atom is -0.299 e. The third-order valence-electron chi connectivity index (χ3n) is 6.18. The number of allylic oxidation sites excluding steroid dienone is 6. The van der Waals surface area contributed by atoms with Crippen LogP contribution in [0.15, 0.2) is 72.0 Å². The van der Waals surface area contributed by atoms with Crippen LogP contribution >= 0.6 is 22.7 Å². The molecule has 2 saturated carbocycles. The average molecular weight is 377 g/mol. The second-order valence-corrected chi connectivity index (χ2v) is 9.26. The smallest absolute Gasteiger partial charge is 0.141 e. The minimum atomic E-state index is 0.0837. The molecule has 2 aromatic rings. The molecule has 0 spiro atoms. The molecule has 0 aromatic carbocycles. The third kappa shape index (κ3) is 2.38. The van der Waals surface area contributed by atoms with E-state index in [1.807, 2.05) is 6.08 Å². The number of hydrogen-bond acceptors (Lipinski definition) is 3. The van der Waals surface area contributed by atoms with Gasteiger partial charge in [-0.05, 0) is 58.2 Å². The van der Waals surface area contributed by atoms with Crippen molar-refractivity contribution in [2.45, 2.75) is 0 Å². The molecule has 3 heteroatoms. The van der Waals surface area contributed by atoms with Crippen LogP contribution in [-0.2, 0) is 4.79 Å². The van der Waals surface area contributed by atoms with Crippen molar-refractivity contribution in [3.8, 4) is 0 Å². The maximum absolute atomic E-state index is 13.1. The predicted octanol–water partition coefficient (Wildman–Crippen LogP) is 5.96. The number of thiophene rings is 2. The van der Waals surface area contributed by atoms with E-state index in [-0.39, 0.29) is 23.7 Å². The summed E-state index contributed by atoms with van der Waals surface area (Å²) in [4.78, 5) is 15.7. The molecule has 4 unspecified atom stereocenters. The van der Waals surface area contributed by atoms with Gasteiger partial charge < -0.3 is 0 Å². The van der Waals surface area contributed by atoms with Crippen molar-refractivity contribution >= 4 is 40.1 Å². The molecular formula is C23H20OS2. The van der Waals surface area contributed by atoms with Crippen molar-refractivity contribution in [3.63, 3.8) is 0 Å². The molecule has 1 nitrogen and oxygen atoms in total. The molecule has 2 fully saturated rings. The largest absolute Gasteiger partial charge is 0.299 e. The molecule has 0 amide bonds. The van der Waals surface area contributed by atoms with Gasteiger partial charge in [0.25, 0.3) is 0 Å². The Labute approximate surface area is 162 Å². The van der Waals surface area contributed by atoms with Crippen LogP contribution in [-0.4, -0.2) is 5.78 Å². The van der Waals surface area contributed by atoms with Crippen LogP contribution in [0.3, 0.4) is 0 Å². The van der Waals surface area contributed by atoms with Crippen molar-refractivity contribution in [1.82, 2.24) is 0 Å². The molecule has 3 aliphatic carbocycles. The standard InChI is InChI=1S/C23H20OS2/c1-2-16-17(10-8-15-5-3-11-25-15)22-18-9-7-14(20-6-4-12-26-20)13-19(18)21(16)23(22)24/h2-13,16-19,21-22H,1H2/b10-8+/t16?,17?,18?,19?,21-,22+/m1/s1. The van der Waals surface area contributed by atoms with Crippen LogP contribution in [0.1, 0.15) is 9.75 Å². The summed E-state index contributed by atoms with van der Waals surface area (Å²) >= 11 is 3.50. The molecule has 2 aromatic heterocycles. The Bertz CT molecular complexity index is 900. The molecule has 26 heavy (non-hydrogen) atoms. The van der Waals surface area contributed by atoms with Gasteiger partial charge in [-0.3, -0.25) is 4.79 Å². The van der Waals surface area contributed by atoms with Gasteiger partial charge in [-0.1, -0.05) is 42.5 Å². The number of carbonyl (C=O) groups excluding carboxylic acids is 1. The summed E-state index contributed by atoms with van der Waals surface area (Å²) in [5.74, 6) is 1.81. The number of ketones is 1. The Kier molecular flexibility index (Phi) is 3.95. The lowest BCUT2D eigenvalue weighted by molar-refractivity contribution is -0.122. The van der Waals surface area contributed by atoms with Gasteiger partial charge in [0.1, 0.15) is 5.78 Å². The summed E-state index contributed by atoms with van der Waals surface area (Å²) in [7, 11) is 0. The maximum Gasteiger partial charge on any atom is 0.141 e. The van der Waals surface area contributed by atoms with Gasteiger partial charge in [-0.25, -0.2) is 0 Å². The van der Waals surface area contributed by atoms with Gasteiger partial charge in [-0.15, -0.1) is 29.3 Å². The van der Waals surface area contributed by atoms with Crippen molar-refractivity contribution in [2.75, 3.05) is 0 Å². The van der Waals surface area contributed by atoms with Crippen LogP contribution in [0.5, 0.6) is 0 Å². The molecule has 0 saturated heterocycles. The summed E-state index contributed by atoms with van der Waals surface area (Å²) in [6.45, 7) is 4.08. The van der Waals surface area contributed by atoms with Gasteiger partial charge in [0.2, 0.25) is 0 Å². The van der Waals surface area contributed by atoms with E-state index in [1.54, 1.807) is 22.7 Å². The van der Waals surface area contributed by atoms with E-state index in [9.17, 15) is 4.79 Å². The molecule has 6 atom stereocenters. The fraction of sp³-hybridized carbons (Fsp3) is 0.261. The quantitative estimate of drug-likeness (QED) is 0.602. The van der Waals surface area contributed by atoms with E-state index in [0.29, 0.717) is 17.6 Å². The van der Waals surface area contributed by atoms with E-state index in [0.717, 1.165) is 0 Å². The van der Waals surface area contributed by atoms with E-state index in [1.165, 1.54) is 15.3 Å². The first-order valence-electron chi connectivity index (χ1n) is 9.10. The number of Topliss-reactive ketones (excluding diaryl/α,β-unsaturated/α-hetero) is 1. The van der Waals surface area contributed by atoms with E-state index >= 15 is 0 Å². The summed E-state index contributed by atoms with van der Waals surface area (Å²) in [5, 5.41) is 4.20. The first-order valence-corrected chi connectivity index (χ1v) is 10.9. The SMILES string of the molecule is C=CC1C(/C=C/c2cccs2)[C@@H]2C(=O)[C@H]1C1C=C(c3cccs3)C=CC12. The lowest BCUT2D eigenvalue weighted by Crippen LogP contribution is -2.32. The van der Waals surface area contributed by atoms with Gasteiger partial charge >= 0.3 is 0 Å². The highest BCUT2D eigenvalue weighted by Gasteiger charge is 2.61. The number of fused-ring (bicyclic) bond motifs is 5. The van der Waals surface area contributed by atoms with Gasteiger partial charge in [0, 0.05) is 21.6 Å². The zero-order valence-corrected chi connectivity index (χ0v) is 16.0. The normalized spacial score (nSPS) is 35.1. The Morgan fingerprint density at radius 1 is 1.00 bits per heavy atom. The van der Waals surface area contributed by atoms with E-state index < -0.39 is 0 Å². The maximum atomic E-state index is 13.1. The van der Waals surface area contributed by atoms with Gasteiger partial charge in [-0.2, -0.15) is 0 Å². The molecule has 0 N–H and O–H groups in total. The molecular weight excluding hydrogens is 356 g/mol. The second-order valence-electron chi connectivity index (χ2n) is 7.33. The van der Waals surface area contributed by atoms with Crippen LogP contribution in [0, 0.1) is 35.5 Å². The highest BCUT2D eigenvalue weighted by molar-refractivity contribution is 7.11. The summed E-state index contributed by atoms with van der Waals surface area (Å²) in [6, 6.07) is 8.44. The van der Waals surface area contributed by atoms with Crippen LogP contribution in [0.2, 0.25) is 0 Å². The number of rotatable bonds is 4. The van der Waals surface area contributed by atoms with E-state index in [2.05, 4.69) is 72.0 Å². The highest BCUT2D eigenvalue weighted by Crippen LogP contribution is 2.59. The van der Waals surface area contributed by atoms with Crippen molar-refractivity contribution in [1.29, 1.82) is 0 Å². The van der Waals surface area contributed by atoms with Crippen LogP contribution in [0.25, 0.3) is 11.6 Å². The Balaban J connectivity index is 1.48. The fourth-order valence-corrected chi connectivity index (χ4v) is 6.50. The molecule has 130 valence electrons. The molecule has 2 heterocycles. The molecule has 5 rings (SSSR count). The van der Waals surface area contributed by atoms with Gasteiger partial charge in [0.05, 0.1) is 0 Å². The number of hydrogen-bond donors (Lipinski definition) is 0. The molecule has 0 aliphatic heterocycles. The first kappa shape index (κ1) is 16.2. The second kappa shape index (κ2) is 6.33. The first-order chi connectivity index (χ1) is 12.8. The average Bonchev–Trinajstić information content (AvgIpc) is 3.43.